The lowest BCUT2D eigenvalue weighted by atomic mass is 9.86. The molecule has 1 aromatic carbocycles. The minimum absolute atomic E-state index is 0.237. The number of likely N-dealkylation sites (N-methyl/N-ethyl adjacent to an activating group) is 1. The van der Waals surface area contributed by atoms with Gasteiger partial charge in [0.05, 0.1) is 16.3 Å². The molecule has 0 bridgehead atoms. The number of carbonyl (C=O) groups is 1. The smallest absolute Gasteiger partial charge is 0.243 e. The van der Waals surface area contributed by atoms with Crippen LogP contribution in [0.15, 0.2) is 29.2 Å². The van der Waals surface area contributed by atoms with Crippen LogP contribution in [0.3, 0.4) is 0 Å². The van der Waals surface area contributed by atoms with Gasteiger partial charge < -0.3 is 10.2 Å². The molecule has 220 valence electrons. The zero-order valence-corrected chi connectivity index (χ0v) is 25.3. The molecule has 2 saturated heterocycles. The van der Waals surface area contributed by atoms with Gasteiger partial charge in [-0.15, -0.1) is 0 Å². The van der Waals surface area contributed by atoms with Crippen LogP contribution in [0.5, 0.6) is 0 Å². The van der Waals surface area contributed by atoms with Crippen LogP contribution < -0.4 is 5.32 Å². The van der Waals surface area contributed by atoms with Gasteiger partial charge in [0.15, 0.2) is 0 Å². The van der Waals surface area contributed by atoms with Crippen LogP contribution in [0, 0.1) is 19.8 Å². The van der Waals surface area contributed by atoms with Gasteiger partial charge >= 0.3 is 0 Å². The van der Waals surface area contributed by atoms with Crippen molar-refractivity contribution in [2.45, 2.75) is 82.7 Å². The maximum atomic E-state index is 13.1. The summed E-state index contributed by atoms with van der Waals surface area (Å²) < 4.78 is 29.7. The Bertz CT molecular complexity index is 1250. The number of rotatable bonds is 8. The first kappa shape index (κ1) is 29.2. The number of amides is 1. The molecule has 9 nitrogen and oxygen atoms in total. The molecule has 0 unspecified atom stereocenters. The Labute approximate surface area is 239 Å². The highest BCUT2D eigenvalue weighted by molar-refractivity contribution is 7.89. The Morgan fingerprint density at radius 3 is 2.23 bits per heavy atom. The summed E-state index contributed by atoms with van der Waals surface area (Å²) in [6.07, 6.45) is 8.93. The average molecular weight is 571 g/mol. The third kappa shape index (κ3) is 6.78. The first-order chi connectivity index (χ1) is 19.2. The first-order valence-corrected chi connectivity index (χ1v) is 16.5. The van der Waals surface area contributed by atoms with Gasteiger partial charge in [-0.3, -0.25) is 9.69 Å². The molecule has 1 aromatic heterocycles. The molecular formula is C30H46N6O3S. The van der Waals surface area contributed by atoms with E-state index in [2.05, 4.69) is 22.0 Å². The van der Waals surface area contributed by atoms with Crippen molar-refractivity contribution >= 4 is 15.9 Å². The molecule has 0 spiro atoms. The van der Waals surface area contributed by atoms with E-state index in [9.17, 15) is 13.2 Å². The van der Waals surface area contributed by atoms with Crippen molar-refractivity contribution in [2.24, 2.45) is 5.92 Å². The van der Waals surface area contributed by atoms with Crippen molar-refractivity contribution in [3.63, 3.8) is 0 Å². The maximum absolute atomic E-state index is 13.1. The van der Waals surface area contributed by atoms with Crippen LogP contribution in [-0.2, 0) is 21.4 Å². The number of likely N-dealkylation sites (tertiary alicyclic amines) is 1. The van der Waals surface area contributed by atoms with Crippen LogP contribution in [0.4, 0.5) is 0 Å². The molecule has 2 aliphatic heterocycles. The molecular weight excluding hydrogens is 524 g/mol. The predicted molar refractivity (Wildman–Crippen MR) is 157 cm³/mol. The number of piperazine rings is 1. The van der Waals surface area contributed by atoms with E-state index in [1.807, 2.05) is 30.8 Å². The van der Waals surface area contributed by atoms with Gasteiger partial charge in [-0.25, -0.2) is 13.1 Å². The Kier molecular flexibility index (Phi) is 9.29. The minimum Gasteiger partial charge on any atom is -0.353 e. The zero-order chi connectivity index (χ0) is 28.3. The van der Waals surface area contributed by atoms with Gasteiger partial charge in [0, 0.05) is 69.5 Å². The monoisotopic (exact) mass is 570 g/mol. The van der Waals surface area contributed by atoms with Gasteiger partial charge in [-0.2, -0.15) is 9.40 Å². The van der Waals surface area contributed by atoms with Gasteiger partial charge in [-0.1, -0.05) is 19.3 Å². The van der Waals surface area contributed by atoms with Gasteiger partial charge in [-0.05, 0) is 76.8 Å². The van der Waals surface area contributed by atoms with Crippen molar-refractivity contribution < 1.29 is 13.2 Å². The number of piperidine rings is 1. The number of hydrogen-bond acceptors (Lipinski definition) is 6. The Morgan fingerprint density at radius 2 is 1.57 bits per heavy atom. The Hall–Kier alpha value is -2.27. The molecule has 2 aromatic rings. The highest BCUT2D eigenvalue weighted by Gasteiger charge is 2.28. The second kappa shape index (κ2) is 12.7. The fourth-order valence-corrected chi connectivity index (χ4v) is 7.91. The maximum Gasteiger partial charge on any atom is 0.243 e. The topological polar surface area (TPSA) is 90.8 Å². The number of aryl methyl sites for hydroxylation is 1. The largest absolute Gasteiger partial charge is 0.353 e. The first-order valence-electron chi connectivity index (χ1n) is 15.1. The molecule has 1 N–H and O–H groups in total. The lowest BCUT2D eigenvalue weighted by molar-refractivity contribution is -0.123. The SMILES string of the molecule is Cc1nn(-c2ccc(S(=O)(=O)N3CCN(C)CC3)cc2)c(C)c1CN1CCC(NC(=O)CC2CCCCC2)CC1. The van der Waals surface area contributed by atoms with E-state index in [0.717, 1.165) is 62.6 Å². The summed E-state index contributed by atoms with van der Waals surface area (Å²) in [6, 6.07) is 7.39. The second-order valence-electron chi connectivity index (χ2n) is 12.1. The van der Waals surface area contributed by atoms with E-state index >= 15 is 0 Å². The van der Waals surface area contributed by atoms with Crippen LogP contribution in [0.2, 0.25) is 0 Å². The molecule has 1 amide bonds. The van der Waals surface area contributed by atoms with Crippen molar-refractivity contribution in [3.05, 3.63) is 41.2 Å². The van der Waals surface area contributed by atoms with Crippen molar-refractivity contribution in [1.82, 2.24) is 29.2 Å². The summed E-state index contributed by atoms with van der Waals surface area (Å²) in [6.45, 7) is 9.41. The number of hydrogen-bond donors (Lipinski definition) is 1. The summed E-state index contributed by atoms with van der Waals surface area (Å²) in [4.78, 5) is 17.5. The number of carbonyl (C=O) groups excluding carboxylic acids is 1. The molecule has 3 aliphatic rings. The predicted octanol–water partition coefficient (Wildman–Crippen LogP) is 3.48. The number of aromatic nitrogens is 2. The number of nitrogens with zero attached hydrogens (tertiary/aromatic N) is 5. The van der Waals surface area contributed by atoms with E-state index in [1.54, 1.807) is 16.4 Å². The molecule has 3 heterocycles. The quantitative estimate of drug-likeness (QED) is 0.523. The second-order valence-corrected chi connectivity index (χ2v) is 14.0. The van der Waals surface area contributed by atoms with E-state index in [4.69, 9.17) is 5.10 Å². The molecule has 5 rings (SSSR count). The highest BCUT2D eigenvalue weighted by Crippen LogP contribution is 2.27. The fourth-order valence-electron chi connectivity index (χ4n) is 6.49. The van der Waals surface area contributed by atoms with Crippen molar-refractivity contribution in [3.8, 4) is 5.69 Å². The summed E-state index contributed by atoms with van der Waals surface area (Å²) >= 11 is 0. The fraction of sp³-hybridized carbons (Fsp3) is 0.667. The van der Waals surface area contributed by atoms with Gasteiger partial charge in [0.1, 0.15) is 0 Å². The van der Waals surface area contributed by atoms with Crippen LogP contribution in [-0.4, -0.2) is 90.6 Å². The normalized spacial score (nSPS) is 21.1. The van der Waals surface area contributed by atoms with Gasteiger partial charge in [0.25, 0.3) is 0 Å². The molecule has 0 atom stereocenters. The van der Waals surface area contributed by atoms with E-state index in [1.165, 1.54) is 37.7 Å². The van der Waals surface area contributed by atoms with Crippen LogP contribution >= 0.6 is 0 Å². The molecule has 1 saturated carbocycles. The molecule has 40 heavy (non-hydrogen) atoms. The lowest BCUT2D eigenvalue weighted by Crippen LogP contribution is -2.46. The number of benzene rings is 1. The van der Waals surface area contributed by atoms with E-state index < -0.39 is 10.0 Å². The van der Waals surface area contributed by atoms with Crippen LogP contribution in [0.1, 0.15) is 68.3 Å². The Morgan fingerprint density at radius 1 is 0.925 bits per heavy atom. The standard InChI is InChI=1S/C30H46N6O3S/c1-23-29(22-34-15-13-26(14-16-34)31-30(37)21-25-7-5-4-6-8-25)24(2)36(32-23)27-9-11-28(12-10-27)40(38,39)35-19-17-33(3)18-20-35/h9-12,25-26H,4-8,13-22H2,1-3H3,(H,31,37). The molecule has 1 aliphatic carbocycles. The van der Waals surface area contributed by atoms with Crippen LogP contribution in [0.25, 0.3) is 5.69 Å². The third-order valence-electron chi connectivity index (χ3n) is 9.16. The molecule has 3 fully saturated rings. The third-order valence-corrected chi connectivity index (χ3v) is 11.1. The zero-order valence-electron chi connectivity index (χ0n) is 24.4. The van der Waals surface area contributed by atoms with Crippen molar-refractivity contribution in [1.29, 1.82) is 0 Å². The average Bonchev–Trinajstić information content (AvgIpc) is 3.23. The summed E-state index contributed by atoms with van der Waals surface area (Å²) in [5.74, 6) is 0.814. The summed E-state index contributed by atoms with van der Waals surface area (Å²) in [5, 5.41) is 8.12. The number of nitrogens with one attached hydrogen (secondary N) is 1. The number of sulfonamides is 1. The Balaban J connectivity index is 1.16. The summed E-state index contributed by atoms with van der Waals surface area (Å²) in [5.41, 5.74) is 4.15. The molecule has 10 heteroatoms. The van der Waals surface area contributed by atoms with Crippen molar-refractivity contribution in [2.75, 3.05) is 46.3 Å². The van der Waals surface area contributed by atoms with E-state index in [0.29, 0.717) is 30.3 Å². The highest BCUT2D eigenvalue weighted by atomic mass is 32.2. The van der Waals surface area contributed by atoms with Gasteiger partial charge in [0.2, 0.25) is 15.9 Å². The molecule has 0 radical (unpaired) electrons. The lowest BCUT2D eigenvalue weighted by Gasteiger charge is -2.33. The van der Waals surface area contributed by atoms with E-state index in [-0.39, 0.29) is 11.9 Å². The summed E-state index contributed by atoms with van der Waals surface area (Å²) in [7, 11) is -1.48. The minimum atomic E-state index is -3.49.